The molecule has 0 saturated carbocycles. The van der Waals surface area contributed by atoms with Gasteiger partial charge in [0, 0.05) is 0 Å². The second-order valence-electron chi connectivity index (χ2n) is 1.36. The quantitative estimate of drug-likeness (QED) is 0.365. The molecule has 0 saturated heterocycles. The maximum absolute atomic E-state index is 9.41. The molecule has 0 aromatic heterocycles. The van der Waals surface area contributed by atoms with Crippen LogP contribution in [0.3, 0.4) is 0 Å². The fraction of sp³-hybridized carbons (Fsp3) is 1.00. The minimum absolute atomic E-state index is 0.483. The molecule has 0 radical (unpaired) electrons. The van der Waals surface area contributed by atoms with E-state index in [4.69, 9.17) is 10.2 Å². The van der Waals surface area contributed by atoms with Gasteiger partial charge in [-0.15, -0.1) is 10.1 Å². The van der Waals surface area contributed by atoms with E-state index in [0.29, 0.717) is 0 Å². The van der Waals surface area contributed by atoms with Crippen LogP contribution in [0.5, 0.6) is 0 Å². The summed E-state index contributed by atoms with van der Waals surface area (Å²) in [5, 5.41) is 24.9. The van der Waals surface area contributed by atoms with Crippen molar-refractivity contribution in [2.75, 3.05) is 13.2 Å². The third-order valence-electron chi connectivity index (χ3n) is 0.583. The number of rotatable bonds is 4. The highest BCUT2D eigenvalue weighted by Gasteiger charge is 2.03. The predicted octanol–water partition coefficient (Wildman–Crippen LogP) is -1.45. The SMILES string of the molecule is O=[N+]([O-])OC[C@H](O)CO. The molecule has 0 unspecified atom stereocenters. The van der Waals surface area contributed by atoms with E-state index in [1.165, 1.54) is 0 Å². The molecule has 0 aliphatic heterocycles. The molecule has 6 heteroatoms. The molecule has 0 aliphatic rings. The molecule has 0 aromatic carbocycles. The van der Waals surface area contributed by atoms with Crippen LogP contribution in [-0.4, -0.2) is 34.6 Å². The van der Waals surface area contributed by atoms with E-state index in [2.05, 4.69) is 4.84 Å². The van der Waals surface area contributed by atoms with Crippen LogP contribution in [0.4, 0.5) is 0 Å². The third-order valence-corrected chi connectivity index (χ3v) is 0.583. The smallest absolute Gasteiger partial charge is 0.294 e. The van der Waals surface area contributed by atoms with E-state index in [-0.39, 0.29) is 0 Å². The van der Waals surface area contributed by atoms with Crippen LogP contribution in [0.15, 0.2) is 0 Å². The largest absolute Gasteiger partial charge is 0.394 e. The highest BCUT2D eigenvalue weighted by Crippen LogP contribution is 1.82. The zero-order valence-electron chi connectivity index (χ0n) is 4.56. The first-order valence-corrected chi connectivity index (χ1v) is 2.23. The molecule has 0 amide bonds. The zero-order valence-corrected chi connectivity index (χ0v) is 4.56. The summed E-state index contributed by atoms with van der Waals surface area (Å²) in [4.78, 5) is 13.1. The van der Waals surface area contributed by atoms with Crippen molar-refractivity contribution in [2.24, 2.45) is 0 Å². The van der Waals surface area contributed by atoms with Gasteiger partial charge in [0.2, 0.25) is 0 Å². The van der Waals surface area contributed by atoms with Gasteiger partial charge in [-0.25, -0.2) is 0 Å². The summed E-state index contributed by atoms with van der Waals surface area (Å²) in [6.07, 6.45) is -1.17. The van der Waals surface area contributed by atoms with Crippen molar-refractivity contribution in [2.45, 2.75) is 6.10 Å². The number of aliphatic hydroxyl groups is 2. The van der Waals surface area contributed by atoms with Gasteiger partial charge >= 0.3 is 0 Å². The van der Waals surface area contributed by atoms with Crippen molar-refractivity contribution >= 4 is 0 Å². The molecule has 9 heavy (non-hydrogen) atoms. The number of nitrogens with zero attached hydrogens (tertiary/aromatic N) is 1. The fourth-order valence-corrected chi connectivity index (χ4v) is 0.200. The Labute approximate surface area is 50.8 Å². The van der Waals surface area contributed by atoms with Crippen LogP contribution in [0.2, 0.25) is 0 Å². The molecule has 0 aromatic rings. The summed E-state index contributed by atoms with van der Waals surface area (Å²) in [7, 11) is 0. The lowest BCUT2D eigenvalue weighted by molar-refractivity contribution is -0.759. The van der Waals surface area contributed by atoms with E-state index in [1.54, 1.807) is 0 Å². The Morgan fingerprint density at radius 2 is 2.33 bits per heavy atom. The molecule has 0 fully saturated rings. The maximum atomic E-state index is 9.41. The van der Waals surface area contributed by atoms with Crippen molar-refractivity contribution < 1.29 is 20.1 Å². The Bertz CT molecular complexity index is 94.2. The van der Waals surface area contributed by atoms with Crippen molar-refractivity contribution in [3.63, 3.8) is 0 Å². The normalized spacial score (nSPS) is 12.7. The minimum atomic E-state index is -1.17. The van der Waals surface area contributed by atoms with Crippen LogP contribution < -0.4 is 0 Å². The number of aliphatic hydroxyl groups excluding tert-OH is 2. The van der Waals surface area contributed by atoms with Crippen molar-refractivity contribution in [1.82, 2.24) is 0 Å². The topological polar surface area (TPSA) is 92.8 Å². The van der Waals surface area contributed by atoms with Gasteiger partial charge in [-0.05, 0) is 0 Å². The monoisotopic (exact) mass is 137 g/mol. The van der Waals surface area contributed by atoms with E-state index in [0.717, 1.165) is 0 Å². The maximum Gasteiger partial charge on any atom is 0.294 e. The third kappa shape index (κ3) is 4.98. The number of hydrogen-bond acceptors (Lipinski definition) is 5. The second-order valence-corrected chi connectivity index (χ2v) is 1.36. The lowest BCUT2D eigenvalue weighted by atomic mass is 10.4. The highest BCUT2D eigenvalue weighted by atomic mass is 17.0. The Kier molecular flexibility index (Phi) is 3.65. The number of hydrogen-bond donors (Lipinski definition) is 2. The first-order chi connectivity index (χ1) is 4.16. The average Bonchev–Trinajstić information content (AvgIpc) is 1.83. The first-order valence-electron chi connectivity index (χ1n) is 2.23. The van der Waals surface area contributed by atoms with E-state index < -0.39 is 24.4 Å². The van der Waals surface area contributed by atoms with Crippen LogP contribution in [0, 0.1) is 10.1 Å². The summed E-state index contributed by atoms with van der Waals surface area (Å²) in [5.74, 6) is 0. The van der Waals surface area contributed by atoms with Crippen LogP contribution in [0.1, 0.15) is 0 Å². The van der Waals surface area contributed by atoms with E-state index >= 15 is 0 Å². The predicted molar refractivity (Wildman–Crippen MR) is 26.0 cm³/mol. The van der Waals surface area contributed by atoms with Gasteiger partial charge in [0.1, 0.15) is 12.7 Å². The molecule has 6 nitrogen and oxygen atoms in total. The van der Waals surface area contributed by atoms with Gasteiger partial charge < -0.3 is 15.1 Å². The van der Waals surface area contributed by atoms with E-state index in [9.17, 15) is 10.1 Å². The Morgan fingerprint density at radius 1 is 1.78 bits per heavy atom. The molecule has 0 heterocycles. The molecule has 0 bridgehead atoms. The Morgan fingerprint density at radius 3 is 2.67 bits per heavy atom. The molecular formula is C3H7NO5. The molecular weight excluding hydrogens is 130 g/mol. The molecule has 54 valence electrons. The molecule has 2 N–H and O–H groups in total. The Hall–Kier alpha value is -0.880. The van der Waals surface area contributed by atoms with Crippen molar-refractivity contribution in [3.05, 3.63) is 10.1 Å². The van der Waals surface area contributed by atoms with Crippen molar-refractivity contribution in [1.29, 1.82) is 0 Å². The summed E-state index contributed by atoms with van der Waals surface area (Å²) >= 11 is 0. The van der Waals surface area contributed by atoms with Gasteiger partial charge in [0.25, 0.3) is 5.09 Å². The summed E-state index contributed by atoms with van der Waals surface area (Å²) in [6, 6.07) is 0. The van der Waals surface area contributed by atoms with Gasteiger partial charge in [-0.3, -0.25) is 0 Å². The Balaban J connectivity index is 3.16. The summed E-state index contributed by atoms with van der Waals surface area (Å²) in [5.41, 5.74) is 0. The molecule has 0 spiro atoms. The fourth-order valence-electron chi connectivity index (χ4n) is 0.200. The van der Waals surface area contributed by atoms with Gasteiger partial charge in [0.15, 0.2) is 0 Å². The second kappa shape index (κ2) is 4.04. The van der Waals surface area contributed by atoms with Gasteiger partial charge in [-0.2, -0.15) is 0 Å². The molecule has 1 atom stereocenters. The lowest BCUT2D eigenvalue weighted by Gasteiger charge is -2.02. The van der Waals surface area contributed by atoms with E-state index in [1.807, 2.05) is 0 Å². The summed E-state index contributed by atoms with van der Waals surface area (Å²) < 4.78 is 0. The minimum Gasteiger partial charge on any atom is -0.394 e. The van der Waals surface area contributed by atoms with Gasteiger partial charge in [0.05, 0.1) is 6.61 Å². The van der Waals surface area contributed by atoms with Gasteiger partial charge in [-0.1, -0.05) is 0 Å². The average molecular weight is 137 g/mol. The lowest BCUT2D eigenvalue weighted by Crippen LogP contribution is -2.21. The summed E-state index contributed by atoms with van der Waals surface area (Å²) in [6.45, 7) is -1.02. The van der Waals surface area contributed by atoms with Crippen LogP contribution >= 0.6 is 0 Å². The highest BCUT2D eigenvalue weighted by molar-refractivity contribution is 4.45. The zero-order chi connectivity index (χ0) is 7.28. The van der Waals surface area contributed by atoms with Crippen LogP contribution in [0.25, 0.3) is 0 Å². The van der Waals surface area contributed by atoms with Crippen LogP contribution in [-0.2, 0) is 4.84 Å². The molecule has 0 aliphatic carbocycles. The standard InChI is InChI=1S/C3H7NO5/c5-1-3(6)2-9-4(7)8/h3,5-6H,1-2H2/t3-/m1/s1. The molecule has 0 rings (SSSR count). The first kappa shape index (κ1) is 8.12. The van der Waals surface area contributed by atoms with Crippen molar-refractivity contribution in [3.8, 4) is 0 Å².